The Morgan fingerprint density at radius 1 is 0.964 bits per heavy atom. The first-order chi connectivity index (χ1) is 13.4. The van der Waals surface area contributed by atoms with Crippen LogP contribution in [0.25, 0.3) is 10.8 Å². The molecule has 0 radical (unpaired) electrons. The Morgan fingerprint density at radius 2 is 1.75 bits per heavy atom. The molecule has 4 rings (SSSR count). The van der Waals surface area contributed by atoms with E-state index < -0.39 is 10.0 Å². The number of hydrogen-bond acceptors (Lipinski definition) is 3. The summed E-state index contributed by atoms with van der Waals surface area (Å²) in [5, 5.41) is 7.12. The molecule has 0 amide bonds. The van der Waals surface area contributed by atoms with Crippen molar-refractivity contribution in [1.82, 2.24) is 9.78 Å². The third-order valence-electron chi connectivity index (χ3n) is 4.26. The molecular formula is C20H15Cl2N3O2S. The highest BCUT2D eigenvalue weighted by Crippen LogP contribution is 2.23. The minimum absolute atomic E-state index is 0.194. The molecule has 0 saturated carbocycles. The highest BCUT2D eigenvalue weighted by atomic mass is 35.5. The van der Waals surface area contributed by atoms with Gasteiger partial charge in [0.15, 0.2) is 0 Å². The summed E-state index contributed by atoms with van der Waals surface area (Å²) in [7, 11) is -3.72. The number of sulfonamides is 1. The highest BCUT2D eigenvalue weighted by Gasteiger charge is 2.16. The molecule has 1 heterocycles. The van der Waals surface area contributed by atoms with Gasteiger partial charge in [-0.25, -0.2) is 8.42 Å². The van der Waals surface area contributed by atoms with Gasteiger partial charge in [-0.3, -0.25) is 9.40 Å². The van der Waals surface area contributed by atoms with Crippen LogP contribution in [0, 0.1) is 0 Å². The molecule has 142 valence electrons. The maximum absolute atomic E-state index is 12.7. The number of nitrogens with zero attached hydrogens (tertiary/aromatic N) is 2. The van der Waals surface area contributed by atoms with Crippen LogP contribution in [0.2, 0.25) is 10.0 Å². The molecule has 5 nitrogen and oxygen atoms in total. The number of hydrogen-bond donors (Lipinski definition) is 1. The molecule has 3 aromatic carbocycles. The van der Waals surface area contributed by atoms with Crippen LogP contribution in [0.5, 0.6) is 0 Å². The van der Waals surface area contributed by atoms with Gasteiger partial charge in [0.1, 0.15) is 0 Å². The molecule has 4 aromatic rings. The maximum atomic E-state index is 12.7. The summed E-state index contributed by atoms with van der Waals surface area (Å²) in [6, 6.07) is 17.8. The predicted octanol–water partition coefficient (Wildman–Crippen LogP) is 5.19. The van der Waals surface area contributed by atoms with Gasteiger partial charge in [-0.1, -0.05) is 59.6 Å². The molecule has 28 heavy (non-hydrogen) atoms. The minimum atomic E-state index is -3.72. The molecule has 0 aliphatic heterocycles. The van der Waals surface area contributed by atoms with E-state index in [0.717, 1.165) is 16.3 Å². The average molecular weight is 432 g/mol. The second-order valence-electron chi connectivity index (χ2n) is 6.28. The van der Waals surface area contributed by atoms with Crippen molar-refractivity contribution in [1.29, 1.82) is 0 Å². The molecule has 1 aromatic heterocycles. The summed E-state index contributed by atoms with van der Waals surface area (Å²) in [5.41, 5.74) is 1.20. The van der Waals surface area contributed by atoms with Crippen LogP contribution in [-0.2, 0) is 16.6 Å². The van der Waals surface area contributed by atoms with Gasteiger partial charge in [0.2, 0.25) is 0 Å². The summed E-state index contributed by atoms with van der Waals surface area (Å²) in [6.45, 7) is 0.397. The van der Waals surface area contributed by atoms with E-state index in [1.165, 1.54) is 6.20 Å². The summed E-state index contributed by atoms with van der Waals surface area (Å²) >= 11 is 12.1. The maximum Gasteiger partial charge on any atom is 0.262 e. The van der Waals surface area contributed by atoms with E-state index in [2.05, 4.69) is 9.82 Å². The van der Waals surface area contributed by atoms with Crippen LogP contribution in [0.15, 0.2) is 78.0 Å². The quantitative estimate of drug-likeness (QED) is 0.472. The zero-order valence-electron chi connectivity index (χ0n) is 14.5. The van der Waals surface area contributed by atoms with Gasteiger partial charge >= 0.3 is 0 Å². The summed E-state index contributed by atoms with van der Waals surface area (Å²) in [6.07, 6.45) is 3.08. The fourth-order valence-corrected chi connectivity index (χ4v) is 4.41. The van der Waals surface area contributed by atoms with E-state index in [-0.39, 0.29) is 4.90 Å². The fraction of sp³-hybridized carbons (Fsp3) is 0.0500. The number of anilines is 1. The standard InChI is InChI=1S/C20H15Cl2N3O2S/c21-17-7-5-16(20(22)10-17)12-25-13-18(11-23-25)24-28(26,27)19-8-6-14-3-1-2-4-15(14)9-19/h1-11,13,24H,12H2. The van der Waals surface area contributed by atoms with Crippen molar-refractivity contribution in [3.05, 3.63) is 88.7 Å². The van der Waals surface area contributed by atoms with Crippen molar-refractivity contribution < 1.29 is 8.42 Å². The predicted molar refractivity (Wildman–Crippen MR) is 113 cm³/mol. The largest absolute Gasteiger partial charge is 0.276 e. The van der Waals surface area contributed by atoms with E-state index in [0.29, 0.717) is 22.3 Å². The summed E-state index contributed by atoms with van der Waals surface area (Å²) in [5.74, 6) is 0. The molecule has 0 aliphatic rings. The van der Waals surface area contributed by atoms with Crippen LogP contribution in [-0.4, -0.2) is 18.2 Å². The average Bonchev–Trinajstić information content (AvgIpc) is 3.10. The Hall–Kier alpha value is -2.54. The number of rotatable bonds is 5. The van der Waals surface area contributed by atoms with Gasteiger partial charge in [-0.05, 0) is 40.6 Å². The van der Waals surface area contributed by atoms with Crippen molar-refractivity contribution in [2.24, 2.45) is 0 Å². The molecular weight excluding hydrogens is 417 g/mol. The van der Waals surface area contributed by atoms with Crippen molar-refractivity contribution in [2.45, 2.75) is 11.4 Å². The van der Waals surface area contributed by atoms with Crippen molar-refractivity contribution in [2.75, 3.05) is 4.72 Å². The molecule has 0 aliphatic carbocycles. The van der Waals surface area contributed by atoms with E-state index in [4.69, 9.17) is 23.2 Å². The van der Waals surface area contributed by atoms with Crippen LogP contribution >= 0.6 is 23.2 Å². The van der Waals surface area contributed by atoms with Crippen LogP contribution in [0.1, 0.15) is 5.56 Å². The number of aromatic nitrogens is 2. The van der Waals surface area contributed by atoms with Crippen LogP contribution in [0.3, 0.4) is 0 Å². The molecule has 0 unspecified atom stereocenters. The monoisotopic (exact) mass is 431 g/mol. The third-order valence-corrected chi connectivity index (χ3v) is 6.23. The molecule has 0 saturated heterocycles. The Labute approximate surface area is 172 Å². The molecule has 0 bridgehead atoms. The zero-order valence-corrected chi connectivity index (χ0v) is 16.8. The van der Waals surface area contributed by atoms with Crippen molar-refractivity contribution in [3.8, 4) is 0 Å². The van der Waals surface area contributed by atoms with Crippen LogP contribution in [0.4, 0.5) is 5.69 Å². The van der Waals surface area contributed by atoms with Gasteiger partial charge in [0.25, 0.3) is 10.0 Å². The Bertz CT molecular complexity index is 1270. The topological polar surface area (TPSA) is 64.0 Å². The van der Waals surface area contributed by atoms with Gasteiger partial charge in [-0.2, -0.15) is 5.10 Å². The lowest BCUT2D eigenvalue weighted by Gasteiger charge is -2.07. The highest BCUT2D eigenvalue weighted by molar-refractivity contribution is 7.92. The Morgan fingerprint density at radius 3 is 2.54 bits per heavy atom. The van der Waals surface area contributed by atoms with Crippen LogP contribution < -0.4 is 4.72 Å². The molecule has 8 heteroatoms. The normalized spacial score (nSPS) is 11.6. The number of fused-ring (bicyclic) bond motifs is 1. The SMILES string of the molecule is O=S(=O)(Nc1cnn(Cc2ccc(Cl)cc2Cl)c1)c1ccc2ccccc2c1. The lowest BCUT2D eigenvalue weighted by atomic mass is 10.1. The summed E-state index contributed by atoms with van der Waals surface area (Å²) in [4.78, 5) is 0.194. The van der Waals surface area contributed by atoms with Crippen molar-refractivity contribution in [3.63, 3.8) is 0 Å². The number of nitrogens with one attached hydrogen (secondary N) is 1. The first-order valence-electron chi connectivity index (χ1n) is 8.39. The lowest BCUT2D eigenvalue weighted by molar-refractivity contribution is 0.601. The molecule has 1 N–H and O–H groups in total. The fourth-order valence-electron chi connectivity index (χ4n) is 2.88. The van der Waals surface area contributed by atoms with Gasteiger partial charge in [-0.15, -0.1) is 0 Å². The van der Waals surface area contributed by atoms with E-state index in [1.807, 2.05) is 30.3 Å². The lowest BCUT2D eigenvalue weighted by Crippen LogP contribution is -2.12. The van der Waals surface area contributed by atoms with Crippen molar-refractivity contribution >= 4 is 49.7 Å². The van der Waals surface area contributed by atoms with Gasteiger partial charge in [0, 0.05) is 16.2 Å². The first-order valence-corrected chi connectivity index (χ1v) is 10.6. The second kappa shape index (κ2) is 7.47. The van der Waals surface area contributed by atoms with Gasteiger partial charge in [0.05, 0.1) is 23.3 Å². The zero-order chi connectivity index (χ0) is 19.7. The smallest absolute Gasteiger partial charge is 0.262 e. The van der Waals surface area contributed by atoms with E-state index in [9.17, 15) is 8.42 Å². The minimum Gasteiger partial charge on any atom is -0.276 e. The van der Waals surface area contributed by atoms with E-state index >= 15 is 0 Å². The van der Waals surface area contributed by atoms with E-state index in [1.54, 1.807) is 41.2 Å². The number of halogens is 2. The molecule has 0 fully saturated rings. The second-order valence-corrected chi connectivity index (χ2v) is 8.80. The number of benzene rings is 3. The first kappa shape index (κ1) is 18.8. The third kappa shape index (κ3) is 3.99. The van der Waals surface area contributed by atoms with Gasteiger partial charge < -0.3 is 0 Å². The Kier molecular flexibility index (Phi) is 5.02. The molecule has 0 spiro atoms. The molecule has 0 atom stereocenters. The Balaban J connectivity index is 1.55. The summed E-state index contributed by atoms with van der Waals surface area (Å²) < 4.78 is 29.6.